The van der Waals surface area contributed by atoms with Crippen molar-refractivity contribution < 1.29 is 14.1 Å². The minimum Gasteiger partial charge on any atom is -0.372 e. The Morgan fingerprint density at radius 2 is 2.39 bits per heavy atom. The molecule has 1 aliphatic heterocycles. The molecular formula is C15H20N4O3S. The van der Waals surface area contributed by atoms with Gasteiger partial charge in [0.2, 0.25) is 5.89 Å². The lowest BCUT2D eigenvalue weighted by molar-refractivity contribution is 0.0711. The summed E-state index contributed by atoms with van der Waals surface area (Å²) in [6.45, 7) is 6.94. The van der Waals surface area contributed by atoms with Crippen molar-refractivity contribution in [3.63, 3.8) is 0 Å². The highest BCUT2D eigenvalue weighted by Gasteiger charge is 2.34. The van der Waals surface area contributed by atoms with Crippen molar-refractivity contribution in [1.82, 2.24) is 20.0 Å². The molecule has 23 heavy (non-hydrogen) atoms. The standard InChI is InChI=1S/C15H20N4O3S/c1-4-21-9(2)14-17-11(8-23-14)15(20)19-7-5-6-12(19)13-16-10(3)22-18-13/h8-9,12H,4-7H2,1-3H3/t9-,12-/m0/s1. The van der Waals surface area contributed by atoms with E-state index in [-0.39, 0.29) is 18.1 Å². The first-order valence-corrected chi connectivity index (χ1v) is 8.66. The number of aromatic nitrogens is 3. The van der Waals surface area contributed by atoms with E-state index in [0.29, 0.717) is 30.6 Å². The zero-order valence-corrected chi connectivity index (χ0v) is 14.3. The summed E-state index contributed by atoms with van der Waals surface area (Å²) in [6.07, 6.45) is 1.67. The molecule has 3 heterocycles. The molecule has 0 aromatic carbocycles. The van der Waals surface area contributed by atoms with Gasteiger partial charge in [0.1, 0.15) is 16.8 Å². The van der Waals surface area contributed by atoms with Gasteiger partial charge in [-0.05, 0) is 26.7 Å². The van der Waals surface area contributed by atoms with E-state index in [4.69, 9.17) is 9.26 Å². The normalized spacial score (nSPS) is 19.3. The monoisotopic (exact) mass is 336 g/mol. The van der Waals surface area contributed by atoms with Gasteiger partial charge in [-0.3, -0.25) is 4.79 Å². The van der Waals surface area contributed by atoms with Crippen molar-refractivity contribution in [2.24, 2.45) is 0 Å². The van der Waals surface area contributed by atoms with Gasteiger partial charge in [0.25, 0.3) is 5.91 Å². The summed E-state index contributed by atoms with van der Waals surface area (Å²) >= 11 is 1.45. The fourth-order valence-electron chi connectivity index (χ4n) is 2.77. The van der Waals surface area contributed by atoms with Gasteiger partial charge < -0.3 is 14.2 Å². The quantitative estimate of drug-likeness (QED) is 0.835. The Hall–Kier alpha value is -1.80. The highest BCUT2D eigenvalue weighted by molar-refractivity contribution is 7.09. The summed E-state index contributed by atoms with van der Waals surface area (Å²) in [6, 6.07) is -0.130. The molecule has 7 nitrogen and oxygen atoms in total. The zero-order valence-electron chi connectivity index (χ0n) is 13.5. The predicted molar refractivity (Wildman–Crippen MR) is 84.2 cm³/mol. The second-order valence-electron chi connectivity index (χ2n) is 5.50. The van der Waals surface area contributed by atoms with Crippen molar-refractivity contribution in [2.75, 3.05) is 13.2 Å². The van der Waals surface area contributed by atoms with Crippen molar-refractivity contribution in [3.05, 3.63) is 27.8 Å². The molecule has 0 radical (unpaired) electrons. The fraction of sp³-hybridized carbons (Fsp3) is 0.600. The minimum absolute atomic E-state index is 0.0823. The van der Waals surface area contributed by atoms with E-state index in [1.165, 1.54) is 11.3 Å². The van der Waals surface area contributed by atoms with Gasteiger partial charge in [-0.2, -0.15) is 4.98 Å². The van der Waals surface area contributed by atoms with Crippen LogP contribution in [0.15, 0.2) is 9.90 Å². The van der Waals surface area contributed by atoms with Crippen LogP contribution in [-0.2, 0) is 4.74 Å². The first kappa shape index (κ1) is 16.1. The summed E-state index contributed by atoms with van der Waals surface area (Å²) in [5.41, 5.74) is 0.462. The Bertz CT molecular complexity index is 684. The number of ether oxygens (including phenoxy) is 1. The van der Waals surface area contributed by atoms with Gasteiger partial charge >= 0.3 is 0 Å². The Labute approximate surface area is 138 Å². The van der Waals surface area contributed by atoms with Crippen LogP contribution in [0.4, 0.5) is 0 Å². The SMILES string of the molecule is CCO[C@@H](C)c1nc(C(=O)N2CCC[C@H]2c2noc(C)n2)cs1. The number of carbonyl (C=O) groups is 1. The van der Waals surface area contributed by atoms with E-state index in [1.807, 2.05) is 13.8 Å². The topological polar surface area (TPSA) is 81.4 Å². The molecule has 2 aromatic rings. The summed E-state index contributed by atoms with van der Waals surface area (Å²) in [5.74, 6) is 1.01. The largest absolute Gasteiger partial charge is 0.372 e. The smallest absolute Gasteiger partial charge is 0.273 e. The Balaban J connectivity index is 1.77. The van der Waals surface area contributed by atoms with E-state index < -0.39 is 0 Å². The molecule has 8 heteroatoms. The molecule has 0 saturated carbocycles. The van der Waals surface area contributed by atoms with Gasteiger partial charge in [-0.25, -0.2) is 4.98 Å². The maximum Gasteiger partial charge on any atom is 0.273 e. The molecule has 0 spiro atoms. The maximum absolute atomic E-state index is 12.8. The molecule has 1 saturated heterocycles. The van der Waals surface area contributed by atoms with Crippen molar-refractivity contribution >= 4 is 17.2 Å². The van der Waals surface area contributed by atoms with Crippen LogP contribution in [0.2, 0.25) is 0 Å². The molecule has 1 amide bonds. The Kier molecular flexibility index (Phi) is 4.72. The number of aryl methyl sites for hydroxylation is 1. The zero-order chi connectivity index (χ0) is 16.4. The van der Waals surface area contributed by atoms with Gasteiger partial charge in [0, 0.05) is 25.5 Å². The van der Waals surface area contributed by atoms with Gasteiger partial charge in [0.05, 0.1) is 6.04 Å². The van der Waals surface area contributed by atoms with Crippen LogP contribution in [0.25, 0.3) is 0 Å². The molecule has 2 aromatic heterocycles. The van der Waals surface area contributed by atoms with Crippen LogP contribution >= 0.6 is 11.3 Å². The third-order valence-corrected chi connectivity index (χ3v) is 4.87. The second-order valence-corrected chi connectivity index (χ2v) is 6.39. The molecule has 1 fully saturated rings. The predicted octanol–water partition coefficient (Wildman–Crippen LogP) is 2.91. The van der Waals surface area contributed by atoms with Crippen molar-refractivity contribution in [2.45, 2.75) is 45.8 Å². The fourth-order valence-corrected chi connectivity index (χ4v) is 3.57. The third kappa shape index (κ3) is 3.28. The number of carbonyl (C=O) groups excluding carboxylic acids is 1. The highest BCUT2D eigenvalue weighted by Crippen LogP contribution is 2.32. The highest BCUT2D eigenvalue weighted by atomic mass is 32.1. The van der Waals surface area contributed by atoms with Crippen LogP contribution in [0, 0.1) is 6.92 Å². The van der Waals surface area contributed by atoms with E-state index in [9.17, 15) is 4.79 Å². The number of hydrogen-bond acceptors (Lipinski definition) is 7. The number of rotatable bonds is 5. The Morgan fingerprint density at radius 1 is 1.57 bits per heavy atom. The number of nitrogens with zero attached hydrogens (tertiary/aromatic N) is 4. The average Bonchev–Trinajstić information content (AvgIpc) is 3.26. The number of hydrogen-bond donors (Lipinski definition) is 0. The lowest BCUT2D eigenvalue weighted by Crippen LogP contribution is -2.31. The molecule has 0 aliphatic carbocycles. The van der Waals surface area contributed by atoms with Crippen LogP contribution in [0.1, 0.15) is 66.0 Å². The van der Waals surface area contributed by atoms with Crippen LogP contribution in [-0.4, -0.2) is 39.1 Å². The Morgan fingerprint density at radius 3 is 3.09 bits per heavy atom. The molecule has 1 aliphatic rings. The van der Waals surface area contributed by atoms with Crippen LogP contribution < -0.4 is 0 Å². The molecular weight excluding hydrogens is 316 g/mol. The van der Waals surface area contributed by atoms with E-state index in [0.717, 1.165) is 17.8 Å². The van der Waals surface area contributed by atoms with Crippen LogP contribution in [0.5, 0.6) is 0 Å². The molecule has 124 valence electrons. The molecule has 3 rings (SSSR count). The molecule has 0 N–H and O–H groups in total. The maximum atomic E-state index is 12.8. The van der Waals surface area contributed by atoms with Crippen molar-refractivity contribution in [1.29, 1.82) is 0 Å². The van der Waals surface area contributed by atoms with Gasteiger partial charge in [0.15, 0.2) is 5.82 Å². The summed E-state index contributed by atoms with van der Waals surface area (Å²) < 4.78 is 10.6. The van der Waals surface area contributed by atoms with Gasteiger partial charge in [-0.15, -0.1) is 11.3 Å². The summed E-state index contributed by atoms with van der Waals surface area (Å²) in [5, 5.41) is 6.58. The lowest BCUT2D eigenvalue weighted by atomic mass is 10.2. The first-order chi connectivity index (χ1) is 11.1. The number of amides is 1. The van der Waals surface area contributed by atoms with Gasteiger partial charge in [-0.1, -0.05) is 5.16 Å². The molecule has 0 unspecified atom stereocenters. The van der Waals surface area contributed by atoms with E-state index in [2.05, 4.69) is 15.1 Å². The first-order valence-electron chi connectivity index (χ1n) is 7.78. The average molecular weight is 336 g/mol. The number of thiazole rings is 1. The third-order valence-electron chi connectivity index (χ3n) is 3.86. The molecule has 2 atom stereocenters. The second kappa shape index (κ2) is 6.76. The van der Waals surface area contributed by atoms with E-state index >= 15 is 0 Å². The van der Waals surface area contributed by atoms with E-state index in [1.54, 1.807) is 17.2 Å². The summed E-state index contributed by atoms with van der Waals surface area (Å²) in [7, 11) is 0. The lowest BCUT2D eigenvalue weighted by Gasteiger charge is -2.21. The number of likely N-dealkylation sites (tertiary alicyclic amines) is 1. The minimum atomic E-state index is -0.130. The molecule has 0 bridgehead atoms. The van der Waals surface area contributed by atoms with Crippen LogP contribution in [0.3, 0.4) is 0 Å². The van der Waals surface area contributed by atoms with Crippen molar-refractivity contribution in [3.8, 4) is 0 Å². The summed E-state index contributed by atoms with van der Waals surface area (Å²) in [4.78, 5) is 23.3.